The lowest BCUT2D eigenvalue weighted by molar-refractivity contribution is -0.151. The molecule has 1 aliphatic heterocycles. The van der Waals surface area contributed by atoms with E-state index in [0.717, 1.165) is 24.5 Å². The minimum absolute atomic E-state index is 0.521. The van der Waals surface area contributed by atoms with Crippen LogP contribution >= 0.6 is 0 Å². The summed E-state index contributed by atoms with van der Waals surface area (Å²) in [6, 6.07) is 4.12. The van der Waals surface area contributed by atoms with E-state index in [2.05, 4.69) is 27.3 Å². The van der Waals surface area contributed by atoms with Gasteiger partial charge in [0.15, 0.2) is 0 Å². The lowest BCUT2D eigenvalue weighted by atomic mass is 9.74. The molecule has 0 bridgehead atoms. The predicted octanol–water partition coefficient (Wildman–Crippen LogP) is 2.66. The second-order valence-electron chi connectivity index (χ2n) is 7.13. The summed E-state index contributed by atoms with van der Waals surface area (Å²) in [5.41, 5.74) is -0.306. The topological polar surface area (TPSA) is 65.5 Å². The Balaban J connectivity index is 1.98. The van der Waals surface area contributed by atoms with Crippen LogP contribution in [0.2, 0.25) is 0 Å². The van der Waals surface area contributed by atoms with E-state index in [9.17, 15) is 9.90 Å². The van der Waals surface area contributed by atoms with Gasteiger partial charge in [0.05, 0.1) is 5.41 Å². The van der Waals surface area contributed by atoms with Crippen LogP contribution in [-0.2, 0) is 11.3 Å². The molecular formula is C17H27N3O2. The fraction of sp³-hybridized carbons (Fsp3) is 0.647. The highest BCUT2D eigenvalue weighted by molar-refractivity contribution is 5.75. The van der Waals surface area contributed by atoms with Crippen molar-refractivity contribution in [3.63, 3.8) is 0 Å². The molecular weight excluding hydrogens is 278 g/mol. The van der Waals surface area contributed by atoms with Crippen molar-refractivity contribution in [2.75, 3.05) is 18.0 Å². The molecule has 2 heterocycles. The summed E-state index contributed by atoms with van der Waals surface area (Å²) in [5.74, 6) is 0.235. The van der Waals surface area contributed by atoms with E-state index in [1.165, 1.54) is 12.8 Å². The molecule has 0 saturated carbocycles. The number of hydrogen-bond acceptors (Lipinski definition) is 4. The van der Waals surface area contributed by atoms with Gasteiger partial charge in [-0.2, -0.15) is 0 Å². The molecule has 0 unspecified atom stereocenters. The smallest absolute Gasteiger partial charge is 0.310 e. The zero-order valence-corrected chi connectivity index (χ0v) is 14.0. The number of rotatable bonds is 6. The highest BCUT2D eigenvalue weighted by Crippen LogP contribution is 2.31. The normalized spacial score (nSPS) is 16.1. The number of aromatic nitrogens is 1. The molecule has 0 aromatic carbocycles. The van der Waals surface area contributed by atoms with Crippen LogP contribution < -0.4 is 10.2 Å². The van der Waals surface area contributed by atoms with Crippen molar-refractivity contribution in [1.29, 1.82) is 0 Å². The molecule has 0 radical (unpaired) electrons. The zero-order valence-electron chi connectivity index (χ0n) is 14.0. The molecule has 0 aliphatic carbocycles. The van der Waals surface area contributed by atoms with Crippen molar-refractivity contribution in [2.24, 2.45) is 5.41 Å². The summed E-state index contributed by atoms with van der Waals surface area (Å²) in [6.07, 6.45) is 4.36. The number of nitrogens with zero attached hydrogens (tertiary/aromatic N) is 2. The Bertz CT molecular complexity index is 517. The number of aliphatic carboxylic acids is 1. The highest BCUT2D eigenvalue weighted by Gasteiger charge is 2.42. The van der Waals surface area contributed by atoms with E-state index in [4.69, 9.17) is 0 Å². The average Bonchev–Trinajstić information content (AvgIpc) is 2.99. The number of carboxylic acids is 1. The monoisotopic (exact) mass is 305 g/mol. The van der Waals surface area contributed by atoms with Crippen LogP contribution in [-0.4, -0.2) is 34.7 Å². The van der Waals surface area contributed by atoms with Gasteiger partial charge >= 0.3 is 5.97 Å². The van der Waals surface area contributed by atoms with Crippen LogP contribution in [0.15, 0.2) is 18.3 Å². The van der Waals surface area contributed by atoms with Gasteiger partial charge in [0.1, 0.15) is 5.82 Å². The maximum absolute atomic E-state index is 11.4. The van der Waals surface area contributed by atoms with Crippen LogP contribution in [0.25, 0.3) is 0 Å². The lowest BCUT2D eigenvalue weighted by Gasteiger charge is -2.39. The molecule has 2 rings (SSSR count). The summed E-state index contributed by atoms with van der Waals surface area (Å²) < 4.78 is 0. The first-order valence-electron chi connectivity index (χ1n) is 7.92. The van der Waals surface area contributed by atoms with E-state index < -0.39 is 16.9 Å². The van der Waals surface area contributed by atoms with Gasteiger partial charge in [-0.15, -0.1) is 0 Å². The molecule has 1 aromatic heterocycles. The standard InChI is InChI=1S/C17H27N3O2/c1-16(2,15(21)22)17(3,4)19-12-13-7-8-14(18-11-13)20-9-5-6-10-20/h7-8,11,19H,5-6,9-10,12H2,1-4H3,(H,21,22). The number of anilines is 1. The molecule has 5 heteroatoms. The van der Waals surface area contributed by atoms with Gasteiger partial charge in [-0.25, -0.2) is 4.98 Å². The van der Waals surface area contributed by atoms with Crippen LogP contribution in [0.3, 0.4) is 0 Å². The molecule has 1 aromatic rings. The van der Waals surface area contributed by atoms with Gasteiger partial charge in [0.25, 0.3) is 0 Å². The summed E-state index contributed by atoms with van der Waals surface area (Å²) in [6.45, 7) is 10.1. The fourth-order valence-electron chi connectivity index (χ4n) is 2.47. The first kappa shape index (κ1) is 16.7. The third kappa shape index (κ3) is 3.40. The molecule has 1 aliphatic rings. The van der Waals surface area contributed by atoms with Crippen molar-refractivity contribution in [2.45, 2.75) is 52.6 Å². The molecule has 1 fully saturated rings. The minimum atomic E-state index is -0.851. The maximum Gasteiger partial charge on any atom is 0.310 e. The molecule has 2 N–H and O–H groups in total. The first-order valence-corrected chi connectivity index (χ1v) is 7.92. The van der Waals surface area contributed by atoms with E-state index in [1.807, 2.05) is 20.0 Å². The number of carboxylic acid groups (broad SMARTS) is 1. The van der Waals surface area contributed by atoms with Crippen molar-refractivity contribution in [3.8, 4) is 0 Å². The Morgan fingerprint density at radius 2 is 1.91 bits per heavy atom. The molecule has 122 valence electrons. The van der Waals surface area contributed by atoms with Crippen molar-refractivity contribution < 1.29 is 9.90 Å². The maximum atomic E-state index is 11.4. The van der Waals surface area contributed by atoms with E-state index in [0.29, 0.717) is 6.54 Å². The lowest BCUT2D eigenvalue weighted by Crippen LogP contribution is -2.54. The van der Waals surface area contributed by atoms with Gasteiger partial charge in [-0.1, -0.05) is 6.07 Å². The van der Waals surface area contributed by atoms with E-state index in [-0.39, 0.29) is 0 Å². The first-order chi connectivity index (χ1) is 10.2. The third-order valence-corrected chi connectivity index (χ3v) is 5.07. The second-order valence-corrected chi connectivity index (χ2v) is 7.13. The van der Waals surface area contributed by atoms with Crippen molar-refractivity contribution in [3.05, 3.63) is 23.9 Å². The molecule has 5 nitrogen and oxygen atoms in total. The summed E-state index contributed by atoms with van der Waals surface area (Å²) in [4.78, 5) is 18.2. The van der Waals surface area contributed by atoms with E-state index in [1.54, 1.807) is 13.8 Å². The van der Waals surface area contributed by atoms with Gasteiger partial charge in [-0.05, 0) is 52.2 Å². The number of hydrogen-bond donors (Lipinski definition) is 2. The Morgan fingerprint density at radius 3 is 2.41 bits per heavy atom. The van der Waals surface area contributed by atoms with Crippen LogP contribution in [0.1, 0.15) is 46.1 Å². The van der Waals surface area contributed by atoms with Crippen molar-refractivity contribution in [1.82, 2.24) is 10.3 Å². The number of carbonyl (C=O) groups is 1. The zero-order chi connectivity index (χ0) is 16.4. The van der Waals surface area contributed by atoms with Crippen molar-refractivity contribution >= 4 is 11.8 Å². The molecule has 0 spiro atoms. The Hall–Kier alpha value is -1.62. The van der Waals surface area contributed by atoms with Gasteiger partial charge in [0, 0.05) is 31.4 Å². The van der Waals surface area contributed by atoms with Crippen LogP contribution in [0, 0.1) is 5.41 Å². The predicted molar refractivity (Wildman–Crippen MR) is 88.0 cm³/mol. The van der Waals surface area contributed by atoms with Gasteiger partial charge < -0.3 is 15.3 Å². The van der Waals surface area contributed by atoms with Crippen LogP contribution in [0.4, 0.5) is 5.82 Å². The SMILES string of the molecule is CC(C)(NCc1ccc(N2CCCC2)nc1)C(C)(C)C(=O)O. The molecule has 22 heavy (non-hydrogen) atoms. The Labute approximate surface area is 132 Å². The molecule has 1 saturated heterocycles. The molecule has 0 amide bonds. The minimum Gasteiger partial charge on any atom is -0.481 e. The second kappa shape index (κ2) is 6.24. The number of nitrogens with one attached hydrogen (secondary N) is 1. The fourth-order valence-corrected chi connectivity index (χ4v) is 2.47. The average molecular weight is 305 g/mol. The Morgan fingerprint density at radius 1 is 1.27 bits per heavy atom. The van der Waals surface area contributed by atoms with E-state index >= 15 is 0 Å². The highest BCUT2D eigenvalue weighted by atomic mass is 16.4. The van der Waals surface area contributed by atoms with Crippen LogP contribution in [0.5, 0.6) is 0 Å². The van der Waals surface area contributed by atoms with Gasteiger partial charge in [0.2, 0.25) is 0 Å². The third-order valence-electron chi connectivity index (χ3n) is 5.07. The quantitative estimate of drug-likeness (QED) is 0.846. The summed E-state index contributed by atoms with van der Waals surface area (Å²) in [7, 11) is 0. The number of pyridine rings is 1. The van der Waals surface area contributed by atoms with Gasteiger partial charge in [-0.3, -0.25) is 4.79 Å². The Kier molecular flexibility index (Phi) is 4.75. The summed E-state index contributed by atoms with van der Waals surface area (Å²) >= 11 is 0. The summed E-state index contributed by atoms with van der Waals surface area (Å²) in [5, 5.41) is 12.7. The largest absolute Gasteiger partial charge is 0.481 e. The molecule has 0 atom stereocenters.